The summed E-state index contributed by atoms with van der Waals surface area (Å²) in [5, 5.41) is 14.2. The Labute approximate surface area is 160 Å². The van der Waals surface area contributed by atoms with Crippen molar-refractivity contribution >= 4 is 28.7 Å². The summed E-state index contributed by atoms with van der Waals surface area (Å²) in [5.41, 5.74) is 2.41. The van der Waals surface area contributed by atoms with Gasteiger partial charge in [-0.15, -0.1) is 11.3 Å². The molecule has 0 bridgehead atoms. The number of pyridine rings is 1. The number of furan rings is 1. The Morgan fingerprint density at radius 3 is 3.07 bits per heavy atom. The van der Waals surface area contributed by atoms with Gasteiger partial charge in [0, 0.05) is 34.6 Å². The van der Waals surface area contributed by atoms with E-state index in [-0.39, 0.29) is 12.6 Å². The van der Waals surface area contributed by atoms with Crippen molar-refractivity contribution in [3.05, 3.63) is 69.9 Å². The first-order valence-electron chi connectivity index (χ1n) is 8.29. The quantitative estimate of drug-likeness (QED) is 0.673. The van der Waals surface area contributed by atoms with Crippen LogP contribution in [0.2, 0.25) is 0 Å². The maximum Gasteiger partial charge on any atom is 0.152 e. The number of fused-ring (bicyclic) bond motifs is 1. The van der Waals surface area contributed by atoms with Crippen LogP contribution in [0, 0.1) is 11.8 Å². The third kappa shape index (κ3) is 3.40. The molecule has 4 rings (SSSR count). The molecule has 2 N–H and O–H groups in total. The molecule has 0 spiro atoms. The number of hydrogen-bond acceptors (Lipinski definition) is 6. The second kappa shape index (κ2) is 7.58. The van der Waals surface area contributed by atoms with E-state index in [1.165, 1.54) is 0 Å². The van der Waals surface area contributed by atoms with Crippen LogP contribution in [-0.2, 0) is 0 Å². The molecule has 7 heteroatoms. The lowest BCUT2D eigenvalue weighted by molar-refractivity contribution is 0.350. The molecule has 0 radical (unpaired) electrons. The smallest absolute Gasteiger partial charge is 0.152 e. The van der Waals surface area contributed by atoms with Crippen LogP contribution < -0.4 is 5.32 Å². The first-order chi connectivity index (χ1) is 13.3. The highest BCUT2D eigenvalue weighted by Crippen LogP contribution is 2.32. The largest absolute Gasteiger partial charge is 0.463 e. The molecule has 1 unspecified atom stereocenters. The molecule has 27 heavy (non-hydrogen) atoms. The Bertz CT molecular complexity index is 1070. The van der Waals surface area contributed by atoms with E-state index in [1.54, 1.807) is 30.8 Å². The lowest BCUT2D eigenvalue weighted by Crippen LogP contribution is -2.19. The number of rotatable bonds is 2. The van der Waals surface area contributed by atoms with E-state index in [9.17, 15) is 0 Å². The first-order valence-corrected chi connectivity index (χ1v) is 9.17. The molecule has 0 aromatic carbocycles. The average molecular weight is 376 g/mol. The highest BCUT2D eigenvalue weighted by atomic mass is 32.1. The van der Waals surface area contributed by atoms with E-state index in [4.69, 9.17) is 14.5 Å². The van der Waals surface area contributed by atoms with Gasteiger partial charge in [0.2, 0.25) is 0 Å². The Hall–Kier alpha value is -3.21. The molecule has 0 fully saturated rings. The van der Waals surface area contributed by atoms with E-state index < -0.39 is 0 Å². The van der Waals surface area contributed by atoms with Gasteiger partial charge in [0.25, 0.3) is 0 Å². The summed E-state index contributed by atoms with van der Waals surface area (Å²) in [4.78, 5) is 14.8. The Morgan fingerprint density at radius 2 is 2.30 bits per heavy atom. The Kier molecular flexibility index (Phi) is 4.83. The van der Waals surface area contributed by atoms with Gasteiger partial charge >= 0.3 is 0 Å². The van der Waals surface area contributed by atoms with Gasteiger partial charge in [-0.05, 0) is 30.3 Å². The monoisotopic (exact) mass is 376 g/mol. The summed E-state index contributed by atoms with van der Waals surface area (Å²) in [6.45, 7) is -0.167. The third-order valence-electron chi connectivity index (χ3n) is 4.02. The average Bonchev–Trinajstić information content (AvgIpc) is 3.36. The van der Waals surface area contributed by atoms with E-state index >= 15 is 0 Å². The Balaban J connectivity index is 1.86. The van der Waals surface area contributed by atoms with Crippen LogP contribution in [-0.4, -0.2) is 35.3 Å². The van der Waals surface area contributed by atoms with Crippen molar-refractivity contribution < 1.29 is 9.52 Å². The number of aliphatic imine (C=N–C) groups is 2. The minimum Gasteiger partial charge on any atom is -0.463 e. The predicted molar refractivity (Wildman–Crippen MR) is 107 cm³/mol. The molecule has 4 heterocycles. The van der Waals surface area contributed by atoms with Gasteiger partial charge < -0.3 is 14.8 Å². The lowest BCUT2D eigenvalue weighted by Gasteiger charge is -2.13. The van der Waals surface area contributed by atoms with E-state index in [1.807, 2.05) is 35.7 Å². The lowest BCUT2D eigenvalue weighted by atomic mass is 10.1. The zero-order valence-corrected chi connectivity index (χ0v) is 15.3. The number of nitrogens with one attached hydrogen (secondary N) is 1. The van der Waals surface area contributed by atoms with Crippen LogP contribution in [0.1, 0.15) is 27.8 Å². The van der Waals surface area contributed by atoms with E-state index in [0.717, 1.165) is 21.7 Å². The molecule has 6 nitrogen and oxygen atoms in total. The van der Waals surface area contributed by atoms with Crippen LogP contribution in [0.25, 0.3) is 0 Å². The zero-order valence-electron chi connectivity index (χ0n) is 14.5. The minimum absolute atomic E-state index is 0.167. The number of aliphatic hydroxyl groups excluding tert-OH is 1. The van der Waals surface area contributed by atoms with Crippen LogP contribution in [0.5, 0.6) is 0 Å². The van der Waals surface area contributed by atoms with Crippen molar-refractivity contribution in [1.82, 2.24) is 4.98 Å². The molecule has 1 atom stereocenters. The SMILES string of the molecule is CN=C1Nc2ncccc2C(c2ccco2)=NC1c1cc(C#CCO)cs1. The van der Waals surface area contributed by atoms with Crippen LogP contribution in [0.4, 0.5) is 5.82 Å². The first kappa shape index (κ1) is 17.2. The van der Waals surface area contributed by atoms with Gasteiger partial charge in [0.1, 0.15) is 30.0 Å². The zero-order chi connectivity index (χ0) is 18.6. The number of thiophene rings is 1. The number of aliphatic hydroxyl groups is 1. The Morgan fingerprint density at radius 1 is 1.37 bits per heavy atom. The van der Waals surface area contributed by atoms with Crippen molar-refractivity contribution in [3.63, 3.8) is 0 Å². The molecular formula is C20H16N4O2S. The molecule has 0 aliphatic carbocycles. The minimum atomic E-state index is -0.334. The van der Waals surface area contributed by atoms with Gasteiger partial charge in [0.05, 0.1) is 6.26 Å². The molecule has 134 valence electrons. The fourth-order valence-corrected chi connectivity index (χ4v) is 3.71. The second-order valence-electron chi connectivity index (χ2n) is 5.69. The highest BCUT2D eigenvalue weighted by Gasteiger charge is 2.28. The van der Waals surface area contributed by atoms with Crippen molar-refractivity contribution in [1.29, 1.82) is 0 Å². The fourth-order valence-electron chi connectivity index (χ4n) is 2.84. The molecule has 0 saturated heterocycles. The summed E-state index contributed by atoms with van der Waals surface area (Å²) in [6, 6.07) is 9.18. The van der Waals surface area contributed by atoms with Crippen molar-refractivity contribution in [2.24, 2.45) is 9.98 Å². The molecule has 3 aromatic rings. The van der Waals surface area contributed by atoms with Gasteiger partial charge in [0.15, 0.2) is 5.76 Å². The maximum absolute atomic E-state index is 8.90. The molecule has 1 aliphatic heterocycles. The summed E-state index contributed by atoms with van der Waals surface area (Å²) >= 11 is 1.55. The normalized spacial score (nSPS) is 17.3. The van der Waals surface area contributed by atoms with Crippen LogP contribution in [0.15, 0.2) is 62.6 Å². The fraction of sp³-hybridized carbons (Fsp3) is 0.150. The molecule has 3 aromatic heterocycles. The van der Waals surface area contributed by atoms with Crippen molar-refractivity contribution in [2.75, 3.05) is 19.0 Å². The molecule has 0 saturated carbocycles. The third-order valence-corrected chi connectivity index (χ3v) is 5.01. The summed E-state index contributed by atoms with van der Waals surface area (Å²) in [7, 11) is 1.73. The van der Waals surface area contributed by atoms with Crippen molar-refractivity contribution in [3.8, 4) is 11.8 Å². The molecular weight excluding hydrogens is 360 g/mol. The van der Waals surface area contributed by atoms with Gasteiger partial charge in [-0.2, -0.15) is 0 Å². The molecule has 0 amide bonds. The number of amidine groups is 1. The number of nitrogens with zero attached hydrogens (tertiary/aromatic N) is 3. The van der Waals surface area contributed by atoms with Crippen LogP contribution in [0.3, 0.4) is 0 Å². The van der Waals surface area contributed by atoms with E-state index in [2.05, 4.69) is 27.1 Å². The van der Waals surface area contributed by atoms with Gasteiger partial charge in [-0.1, -0.05) is 11.8 Å². The van der Waals surface area contributed by atoms with E-state index in [0.29, 0.717) is 17.4 Å². The standard InChI is InChI=1S/C20H16N4O2S/c1-21-20-18(16-11-13(12-27-16)5-3-9-25)23-17(15-7-4-10-26-15)14-6-2-8-22-19(14)24-20/h2,4,6-8,10-12,18,25H,9H2,1H3,(H,21,22,24). The maximum atomic E-state index is 8.90. The predicted octanol–water partition coefficient (Wildman–Crippen LogP) is 3.11. The summed E-state index contributed by atoms with van der Waals surface area (Å²) < 4.78 is 5.62. The highest BCUT2D eigenvalue weighted by molar-refractivity contribution is 7.10. The van der Waals surface area contributed by atoms with Gasteiger partial charge in [-0.25, -0.2) is 4.98 Å². The molecule has 1 aliphatic rings. The van der Waals surface area contributed by atoms with Gasteiger partial charge in [-0.3, -0.25) is 9.98 Å². The number of hydrogen-bond donors (Lipinski definition) is 2. The summed E-state index contributed by atoms with van der Waals surface area (Å²) in [5.74, 6) is 7.65. The second-order valence-corrected chi connectivity index (χ2v) is 6.63. The van der Waals surface area contributed by atoms with Crippen molar-refractivity contribution in [2.45, 2.75) is 6.04 Å². The topological polar surface area (TPSA) is 83.0 Å². The number of aromatic nitrogens is 1. The summed E-state index contributed by atoms with van der Waals surface area (Å²) in [6.07, 6.45) is 3.36. The van der Waals surface area contributed by atoms with Crippen LogP contribution >= 0.6 is 11.3 Å². The number of anilines is 1.